The summed E-state index contributed by atoms with van der Waals surface area (Å²) in [7, 11) is 1.56. The van der Waals surface area contributed by atoms with Crippen LogP contribution in [-0.4, -0.2) is 7.11 Å². The molecule has 0 amide bonds. The standard InChI is InChI=1S/C23H15Cl2FO4/c1-28-15-8-5-13(6-9-15)22-23(29-12-17-18(25)3-2-4-19(17)26)21(27)16-11-14(24)7-10-20(16)30-22/h2-11H,12H2,1H3. The van der Waals surface area contributed by atoms with Gasteiger partial charge in [0.2, 0.25) is 11.2 Å². The number of hydrogen-bond donors (Lipinski definition) is 0. The third-order valence-corrected chi connectivity index (χ3v) is 5.17. The molecule has 0 unspecified atom stereocenters. The van der Waals surface area contributed by atoms with Gasteiger partial charge in [0.15, 0.2) is 5.76 Å². The van der Waals surface area contributed by atoms with E-state index in [1.165, 1.54) is 18.2 Å². The Kier molecular flexibility index (Phi) is 5.66. The maximum atomic E-state index is 14.2. The van der Waals surface area contributed by atoms with Gasteiger partial charge in [-0.2, -0.15) is 0 Å². The first-order valence-corrected chi connectivity index (χ1v) is 9.70. The number of ether oxygens (including phenoxy) is 2. The molecule has 0 radical (unpaired) electrons. The molecule has 4 rings (SSSR count). The van der Waals surface area contributed by atoms with Crippen LogP contribution >= 0.6 is 23.2 Å². The van der Waals surface area contributed by atoms with Crippen LogP contribution in [0.4, 0.5) is 4.39 Å². The molecule has 0 saturated heterocycles. The highest BCUT2D eigenvalue weighted by Crippen LogP contribution is 2.33. The molecule has 7 heteroatoms. The molecular weight excluding hydrogens is 430 g/mol. The highest BCUT2D eigenvalue weighted by atomic mass is 35.5. The average Bonchev–Trinajstić information content (AvgIpc) is 2.75. The maximum Gasteiger partial charge on any atom is 0.235 e. The first-order valence-electron chi connectivity index (χ1n) is 8.94. The van der Waals surface area contributed by atoms with Gasteiger partial charge in [0.25, 0.3) is 0 Å². The smallest absolute Gasteiger partial charge is 0.235 e. The maximum absolute atomic E-state index is 14.2. The fourth-order valence-electron chi connectivity index (χ4n) is 3.03. The Morgan fingerprint density at radius 2 is 1.80 bits per heavy atom. The molecule has 0 aliphatic rings. The number of methoxy groups -OCH3 is 1. The molecule has 4 nitrogen and oxygen atoms in total. The zero-order chi connectivity index (χ0) is 21.3. The van der Waals surface area contributed by atoms with E-state index in [1.54, 1.807) is 49.6 Å². The Labute approximate surface area is 181 Å². The van der Waals surface area contributed by atoms with Crippen LogP contribution in [0.2, 0.25) is 10.0 Å². The van der Waals surface area contributed by atoms with Crippen LogP contribution in [-0.2, 0) is 6.61 Å². The minimum absolute atomic E-state index is 0.0609. The summed E-state index contributed by atoms with van der Waals surface area (Å²) in [5.74, 6) is 0.273. The minimum atomic E-state index is -0.526. The number of fused-ring (bicyclic) bond motifs is 1. The van der Waals surface area contributed by atoms with E-state index in [-0.39, 0.29) is 34.1 Å². The summed E-state index contributed by atoms with van der Waals surface area (Å²) >= 11 is 12.1. The fraction of sp³-hybridized carbons (Fsp3) is 0.0870. The molecule has 152 valence electrons. The predicted molar refractivity (Wildman–Crippen MR) is 115 cm³/mol. The van der Waals surface area contributed by atoms with Crippen molar-refractivity contribution in [3.05, 3.63) is 92.3 Å². The van der Waals surface area contributed by atoms with Crippen molar-refractivity contribution in [3.63, 3.8) is 0 Å². The van der Waals surface area contributed by atoms with Crippen LogP contribution in [0.1, 0.15) is 5.56 Å². The quantitative estimate of drug-likeness (QED) is 0.352. The zero-order valence-corrected chi connectivity index (χ0v) is 17.3. The number of halogens is 3. The Hall–Kier alpha value is -3.02. The monoisotopic (exact) mass is 444 g/mol. The van der Waals surface area contributed by atoms with E-state index >= 15 is 0 Å². The third-order valence-electron chi connectivity index (χ3n) is 4.59. The van der Waals surface area contributed by atoms with E-state index in [4.69, 9.17) is 37.1 Å². The highest BCUT2D eigenvalue weighted by Gasteiger charge is 2.19. The van der Waals surface area contributed by atoms with E-state index in [0.717, 1.165) is 0 Å². The number of rotatable bonds is 5. The van der Waals surface area contributed by atoms with Crippen molar-refractivity contribution in [1.82, 2.24) is 0 Å². The molecule has 30 heavy (non-hydrogen) atoms. The summed E-state index contributed by atoms with van der Waals surface area (Å²) in [5.41, 5.74) is 0.674. The van der Waals surface area contributed by atoms with Crippen LogP contribution in [0.5, 0.6) is 11.5 Å². The number of benzene rings is 3. The SMILES string of the molecule is COc1ccc(-c2oc3ccc(Cl)cc3c(=O)c2OCc2c(F)cccc2Cl)cc1. The van der Waals surface area contributed by atoms with Crippen molar-refractivity contribution in [2.24, 2.45) is 0 Å². The van der Waals surface area contributed by atoms with Gasteiger partial charge in [-0.05, 0) is 54.6 Å². The molecule has 0 fully saturated rings. The molecule has 0 saturated carbocycles. The predicted octanol–water partition coefficient (Wildman–Crippen LogP) is 6.49. The van der Waals surface area contributed by atoms with Crippen molar-refractivity contribution in [2.75, 3.05) is 7.11 Å². The molecule has 0 aliphatic carbocycles. The van der Waals surface area contributed by atoms with Crippen LogP contribution in [0.3, 0.4) is 0 Å². The van der Waals surface area contributed by atoms with Crippen molar-refractivity contribution in [1.29, 1.82) is 0 Å². The van der Waals surface area contributed by atoms with Crippen LogP contribution < -0.4 is 14.9 Å². The van der Waals surface area contributed by atoms with Gasteiger partial charge in [0.1, 0.15) is 23.8 Å². The Balaban J connectivity index is 1.86. The van der Waals surface area contributed by atoms with Crippen molar-refractivity contribution >= 4 is 34.2 Å². The van der Waals surface area contributed by atoms with E-state index in [0.29, 0.717) is 21.9 Å². The van der Waals surface area contributed by atoms with Gasteiger partial charge in [-0.3, -0.25) is 4.79 Å². The molecule has 3 aromatic carbocycles. The summed E-state index contributed by atoms with van der Waals surface area (Å²) in [6, 6.07) is 16.0. The Bertz CT molecular complexity index is 1260. The largest absolute Gasteiger partial charge is 0.497 e. The van der Waals surface area contributed by atoms with Gasteiger partial charge in [0, 0.05) is 16.1 Å². The molecule has 0 bridgehead atoms. The van der Waals surface area contributed by atoms with E-state index < -0.39 is 11.2 Å². The lowest BCUT2D eigenvalue weighted by Gasteiger charge is -2.13. The van der Waals surface area contributed by atoms with Gasteiger partial charge in [0.05, 0.1) is 17.5 Å². The van der Waals surface area contributed by atoms with E-state index in [1.807, 2.05) is 0 Å². The lowest BCUT2D eigenvalue weighted by atomic mass is 10.1. The summed E-state index contributed by atoms with van der Waals surface area (Å²) < 4.78 is 31.1. The normalized spacial score (nSPS) is 10.9. The van der Waals surface area contributed by atoms with Gasteiger partial charge in [-0.1, -0.05) is 29.3 Å². The first kappa shape index (κ1) is 20.3. The third kappa shape index (κ3) is 3.86. The van der Waals surface area contributed by atoms with Gasteiger partial charge >= 0.3 is 0 Å². The second-order valence-corrected chi connectivity index (χ2v) is 7.29. The van der Waals surface area contributed by atoms with Crippen molar-refractivity contribution in [2.45, 2.75) is 6.61 Å². The lowest BCUT2D eigenvalue weighted by Crippen LogP contribution is -2.11. The number of hydrogen-bond acceptors (Lipinski definition) is 4. The van der Waals surface area contributed by atoms with E-state index in [2.05, 4.69) is 0 Å². The minimum Gasteiger partial charge on any atom is -0.497 e. The zero-order valence-electron chi connectivity index (χ0n) is 15.7. The molecule has 0 atom stereocenters. The summed E-state index contributed by atoms with van der Waals surface area (Å²) in [6.45, 7) is -0.245. The van der Waals surface area contributed by atoms with E-state index in [9.17, 15) is 9.18 Å². The van der Waals surface area contributed by atoms with Crippen molar-refractivity contribution in [3.8, 4) is 22.8 Å². The molecule has 0 N–H and O–H groups in total. The Morgan fingerprint density at radius 1 is 1.03 bits per heavy atom. The van der Waals surface area contributed by atoms with Crippen LogP contribution in [0, 0.1) is 5.82 Å². The van der Waals surface area contributed by atoms with Crippen LogP contribution in [0.25, 0.3) is 22.3 Å². The average molecular weight is 445 g/mol. The summed E-state index contributed by atoms with van der Waals surface area (Å²) in [5, 5.41) is 0.846. The topological polar surface area (TPSA) is 48.7 Å². The van der Waals surface area contributed by atoms with Crippen LogP contribution in [0.15, 0.2) is 69.9 Å². The second kappa shape index (κ2) is 8.38. The van der Waals surface area contributed by atoms with Gasteiger partial charge in [-0.15, -0.1) is 0 Å². The fourth-order valence-corrected chi connectivity index (χ4v) is 3.42. The lowest BCUT2D eigenvalue weighted by molar-refractivity contribution is 0.292. The molecule has 1 heterocycles. The molecular formula is C23H15Cl2FO4. The Morgan fingerprint density at radius 3 is 2.50 bits per heavy atom. The summed E-state index contributed by atoms with van der Waals surface area (Å²) in [4.78, 5) is 13.2. The highest BCUT2D eigenvalue weighted by molar-refractivity contribution is 6.31. The molecule has 1 aromatic heterocycles. The summed E-state index contributed by atoms with van der Waals surface area (Å²) in [6.07, 6.45) is 0. The second-order valence-electron chi connectivity index (χ2n) is 6.45. The first-order chi connectivity index (χ1) is 14.5. The van der Waals surface area contributed by atoms with Crippen molar-refractivity contribution < 1.29 is 18.3 Å². The van der Waals surface area contributed by atoms with Gasteiger partial charge in [-0.25, -0.2) is 4.39 Å². The molecule has 4 aromatic rings. The molecule has 0 aliphatic heterocycles. The molecule has 0 spiro atoms. The van der Waals surface area contributed by atoms with Gasteiger partial charge < -0.3 is 13.9 Å².